The lowest BCUT2D eigenvalue weighted by atomic mass is 10.4. The number of hydrogen-bond donors (Lipinski definition) is 3. The molecule has 0 unspecified atom stereocenters. The zero-order valence-corrected chi connectivity index (χ0v) is 19.5. The summed E-state index contributed by atoms with van der Waals surface area (Å²) in [5.74, 6) is 0.686. The highest BCUT2D eigenvalue weighted by Crippen LogP contribution is 2.14. The highest BCUT2D eigenvalue weighted by atomic mass is 127. The number of thiophene rings is 1. The standard InChI is InChI=1S/C16H30N4O3S2.HI/c1-3-5-12-23-13-7-9-18-16(17-4-2)19-10-11-20-25(21,22)15-8-6-14-24-15;/h6,8,14,20H,3-5,7,9-13H2,1-2H3,(H2,17,18,19);1H. The van der Waals surface area contributed by atoms with Crippen molar-refractivity contribution in [2.24, 2.45) is 4.99 Å². The van der Waals surface area contributed by atoms with Crippen LogP contribution in [0.25, 0.3) is 0 Å². The summed E-state index contributed by atoms with van der Waals surface area (Å²) in [4.78, 5) is 4.45. The Balaban J connectivity index is 0.00000625. The molecule has 26 heavy (non-hydrogen) atoms. The van der Waals surface area contributed by atoms with Gasteiger partial charge in [-0.05, 0) is 31.2 Å². The topological polar surface area (TPSA) is 91.8 Å². The first kappa shape index (κ1) is 25.6. The van der Waals surface area contributed by atoms with E-state index in [1.165, 1.54) is 11.3 Å². The summed E-state index contributed by atoms with van der Waals surface area (Å²) in [6.45, 7) is 7.83. The van der Waals surface area contributed by atoms with Crippen LogP contribution in [-0.4, -0.2) is 53.8 Å². The molecule has 0 aromatic carbocycles. The third-order valence-corrected chi connectivity index (χ3v) is 6.03. The van der Waals surface area contributed by atoms with Gasteiger partial charge in [0.05, 0.1) is 0 Å². The minimum Gasteiger partial charge on any atom is -0.381 e. The van der Waals surface area contributed by atoms with Crippen molar-refractivity contribution in [3.8, 4) is 0 Å². The molecule has 0 radical (unpaired) electrons. The van der Waals surface area contributed by atoms with Crippen LogP contribution >= 0.6 is 35.3 Å². The maximum absolute atomic E-state index is 12.0. The van der Waals surface area contributed by atoms with Gasteiger partial charge < -0.3 is 15.4 Å². The summed E-state index contributed by atoms with van der Waals surface area (Å²) in [7, 11) is -3.41. The molecule has 152 valence electrons. The zero-order valence-electron chi connectivity index (χ0n) is 15.5. The molecule has 0 bridgehead atoms. The predicted octanol–water partition coefficient (Wildman–Crippen LogP) is 2.41. The van der Waals surface area contributed by atoms with Crippen molar-refractivity contribution in [1.82, 2.24) is 15.4 Å². The Hall–Kier alpha value is -0.430. The molecule has 1 rings (SSSR count). The number of hydrogen-bond acceptors (Lipinski definition) is 5. The van der Waals surface area contributed by atoms with Gasteiger partial charge in [0.25, 0.3) is 0 Å². The molecule has 1 aromatic heterocycles. The number of nitrogens with one attached hydrogen (secondary N) is 3. The van der Waals surface area contributed by atoms with Crippen LogP contribution < -0.4 is 15.4 Å². The first-order valence-corrected chi connectivity index (χ1v) is 11.1. The Labute approximate surface area is 178 Å². The van der Waals surface area contributed by atoms with Crippen molar-refractivity contribution >= 4 is 51.3 Å². The Morgan fingerprint density at radius 3 is 2.62 bits per heavy atom. The number of sulfonamides is 1. The van der Waals surface area contributed by atoms with Crippen molar-refractivity contribution in [2.75, 3.05) is 39.4 Å². The summed E-state index contributed by atoms with van der Waals surface area (Å²) in [6.07, 6.45) is 3.10. The number of guanidine groups is 1. The second kappa shape index (κ2) is 15.6. The third-order valence-electron chi connectivity index (χ3n) is 3.17. The molecule has 1 aromatic rings. The molecule has 3 N–H and O–H groups in total. The predicted molar refractivity (Wildman–Crippen MR) is 119 cm³/mol. The van der Waals surface area contributed by atoms with E-state index in [1.54, 1.807) is 17.5 Å². The van der Waals surface area contributed by atoms with E-state index >= 15 is 0 Å². The summed E-state index contributed by atoms with van der Waals surface area (Å²) >= 11 is 1.20. The van der Waals surface area contributed by atoms with Gasteiger partial charge >= 0.3 is 0 Å². The second-order valence-corrected chi connectivity index (χ2v) is 8.28. The van der Waals surface area contributed by atoms with Gasteiger partial charge in [-0.1, -0.05) is 19.4 Å². The first-order valence-electron chi connectivity index (χ1n) is 8.73. The van der Waals surface area contributed by atoms with Crippen LogP contribution in [0, 0.1) is 0 Å². The summed E-state index contributed by atoms with van der Waals surface area (Å²) < 4.78 is 32.4. The van der Waals surface area contributed by atoms with E-state index < -0.39 is 10.0 Å². The number of unbranched alkanes of at least 4 members (excludes halogenated alkanes) is 1. The van der Waals surface area contributed by atoms with Crippen molar-refractivity contribution in [1.29, 1.82) is 0 Å². The fraction of sp³-hybridized carbons (Fsp3) is 0.688. The van der Waals surface area contributed by atoms with Crippen LogP contribution in [-0.2, 0) is 14.8 Å². The average molecular weight is 518 g/mol. The van der Waals surface area contributed by atoms with E-state index in [9.17, 15) is 8.42 Å². The zero-order chi connectivity index (χ0) is 18.4. The van der Waals surface area contributed by atoms with Crippen LogP contribution in [0.15, 0.2) is 26.7 Å². The Bertz CT molecular complexity index is 580. The van der Waals surface area contributed by atoms with Gasteiger partial charge in [-0.2, -0.15) is 0 Å². The molecular formula is C16H31IN4O3S2. The van der Waals surface area contributed by atoms with Crippen molar-refractivity contribution < 1.29 is 13.2 Å². The van der Waals surface area contributed by atoms with Crippen LogP contribution in [0.2, 0.25) is 0 Å². The number of halogens is 1. The normalized spacial score (nSPS) is 11.8. The quantitative estimate of drug-likeness (QED) is 0.162. The fourth-order valence-electron chi connectivity index (χ4n) is 1.90. The lowest BCUT2D eigenvalue weighted by molar-refractivity contribution is 0.130. The molecule has 1 heterocycles. The number of rotatable bonds is 13. The monoisotopic (exact) mass is 518 g/mol. The van der Waals surface area contributed by atoms with Crippen molar-refractivity contribution in [3.05, 3.63) is 17.5 Å². The van der Waals surface area contributed by atoms with E-state index in [0.29, 0.717) is 36.4 Å². The minimum absolute atomic E-state index is 0. The van der Waals surface area contributed by atoms with Crippen LogP contribution in [0.4, 0.5) is 0 Å². The molecule has 0 saturated carbocycles. The van der Waals surface area contributed by atoms with Gasteiger partial charge in [0, 0.05) is 39.4 Å². The summed E-state index contributed by atoms with van der Waals surface area (Å²) in [5, 5.41) is 8.01. The van der Waals surface area contributed by atoms with Gasteiger partial charge in [-0.15, -0.1) is 35.3 Å². The largest absolute Gasteiger partial charge is 0.381 e. The highest BCUT2D eigenvalue weighted by molar-refractivity contribution is 14.0. The van der Waals surface area contributed by atoms with Gasteiger partial charge in [0.15, 0.2) is 5.96 Å². The van der Waals surface area contributed by atoms with Crippen LogP contribution in [0.5, 0.6) is 0 Å². The molecule has 0 spiro atoms. The summed E-state index contributed by atoms with van der Waals surface area (Å²) in [6, 6.07) is 3.31. The van der Waals surface area contributed by atoms with E-state index in [0.717, 1.165) is 32.4 Å². The molecule has 7 nitrogen and oxygen atoms in total. The van der Waals surface area contributed by atoms with Crippen molar-refractivity contribution in [2.45, 2.75) is 37.3 Å². The second-order valence-electron chi connectivity index (χ2n) is 5.34. The lowest BCUT2D eigenvalue weighted by Crippen LogP contribution is -2.41. The molecule has 0 amide bonds. The molecule has 0 aliphatic carbocycles. The smallest absolute Gasteiger partial charge is 0.250 e. The highest BCUT2D eigenvalue weighted by Gasteiger charge is 2.13. The maximum Gasteiger partial charge on any atom is 0.250 e. The van der Waals surface area contributed by atoms with Gasteiger partial charge in [0.2, 0.25) is 10.0 Å². The molecule has 0 aliphatic heterocycles. The molecule has 10 heteroatoms. The number of aliphatic imine (C=N–C) groups is 1. The minimum atomic E-state index is -3.41. The number of ether oxygens (including phenoxy) is 1. The Kier molecular flexibility index (Phi) is 15.4. The van der Waals surface area contributed by atoms with E-state index in [4.69, 9.17) is 4.74 Å². The Morgan fingerprint density at radius 1 is 1.19 bits per heavy atom. The third kappa shape index (κ3) is 11.3. The fourth-order valence-corrected chi connectivity index (χ4v) is 3.97. The van der Waals surface area contributed by atoms with Gasteiger partial charge in [-0.3, -0.25) is 4.99 Å². The van der Waals surface area contributed by atoms with E-state index in [1.807, 2.05) is 6.92 Å². The van der Waals surface area contributed by atoms with Gasteiger partial charge in [-0.25, -0.2) is 13.1 Å². The average Bonchev–Trinajstić information content (AvgIpc) is 3.13. The SMILES string of the molecule is CCCCOCCCN=C(NCC)NCCNS(=O)(=O)c1cccs1.I. The Morgan fingerprint density at radius 2 is 1.96 bits per heavy atom. The maximum atomic E-state index is 12.0. The van der Waals surface area contributed by atoms with Gasteiger partial charge in [0.1, 0.15) is 4.21 Å². The summed E-state index contributed by atoms with van der Waals surface area (Å²) in [5.41, 5.74) is 0. The molecule has 0 saturated heterocycles. The molecular weight excluding hydrogens is 487 g/mol. The van der Waals surface area contributed by atoms with Crippen LogP contribution in [0.1, 0.15) is 33.1 Å². The molecule has 0 fully saturated rings. The molecule has 0 aliphatic rings. The molecule has 0 atom stereocenters. The van der Waals surface area contributed by atoms with E-state index in [2.05, 4.69) is 27.3 Å². The first-order chi connectivity index (χ1) is 12.1. The lowest BCUT2D eigenvalue weighted by Gasteiger charge is -2.11. The van der Waals surface area contributed by atoms with E-state index in [-0.39, 0.29) is 24.0 Å². The van der Waals surface area contributed by atoms with Crippen LogP contribution in [0.3, 0.4) is 0 Å². The van der Waals surface area contributed by atoms with Crippen molar-refractivity contribution in [3.63, 3.8) is 0 Å². The number of nitrogens with zero attached hydrogens (tertiary/aromatic N) is 1.